The third kappa shape index (κ3) is 6.03. The van der Waals surface area contributed by atoms with Crippen LogP contribution in [-0.2, 0) is 11.3 Å². The summed E-state index contributed by atoms with van der Waals surface area (Å²) in [6.07, 6.45) is -4.38. The number of ether oxygens (including phenoxy) is 1. The minimum Gasteiger partial charge on any atom is -0.484 e. The molecule has 0 amide bonds. The Kier molecular flexibility index (Phi) is 5.60. The fraction of sp³-hybridized carbons (Fsp3) is 0.500. The number of hydrogen-bond acceptors (Lipinski definition) is 3. The van der Waals surface area contributed by atoms with Gasteiger partial charge in [-0.25, -0.2) is 0 Å². The van der Waals surface area contributed by atoms with E-state index in [1.807, 2.05) is 0 Å². The Morgan fingerprint density at radius 1 is 1.29 bits per heavy atom. The first-order chi connectivity index (χ1) is 9.58. The van der Waals surface area contributed by atoms with Crippen molar-refractivity contribution in [1.29, 1.82) is 0 Å². The molecule has 1 rings (SSSR count). The van der Waals surface area contributed by atoms with Crippen LogP contribution in [0.15, 0.2) is 12.1 Å². The molecule has 0 spiro atoms. The highest BCUT2D eigenvalue weighted by atomic mass is 19.4. The molecule has 0 bridgehead atoms. The largest absolute Gasteiger partial charge is 0.484 e. The van der Waals surface area contributed by atoms with Crippen molar-refractivity contribution < 1.29 is 27.8 Å². The zero-order chi connectivity index (χ0) is 16.2. The molecule has 21 heavy (non-hydrogen) atoms. The lowest BCUT2D eigenvalue weighted by atomic mass is 10.1. The van der Waals surface area contributed by atoms with Crippen LogP contribution in [0, 0.1) is 13.8 Å². The summed E-state index contributed by atoms with van der Waals surface area (Å²) in [5.74, 6) is -0.715. The van der Waals surface area contributed by atoms with E-state index in [-0.39, 0.29) is 12.3 Å². The van der Waals surface area contributed by atoms with Crippen molar-refractivity contribution in [3.63, 3.8) is 0 Å². The minimum atomic E-state index is -4.38. The maximum absolute atomic E-state index is 12.2. The van der Waals surface area contributed by atoms with Crippen LogP contribution in [0.4, 0.5) is 13.2 Å². The molecular formula is C14H18F3NO3. The number of aryl methyl sites for hydroxylation is 2. The predicted molar refractivity (Wildman–Crippen MR) is 71.4 cm³/mol. The van der Waals surface area contributed by atoms with Crippen molar-refractivity contribution in [2.45, 2.75) is 26.6 Å². The van der Waals surface area contributed by atoms with E-state index >= 15 is 0 Å². The van der Waals surface area contributed by atoms with Gasteiger partial charge in [0.05, 0.1) is 6.54 Å². The van der Waals surface area contributed by atoms with Gasteiger partial charge < -0.3 is 9.84 Å². The van der Waals surface area contributed by atoms with E-state index in [0.717, 1.165) is 5.56 Å². The molecule has 0 aliphatic rings. The molecule has 1 aromatic rings. The van der Waals surface area contributed by atoms with Gasteiger partial charge in [0.1, 0.15) is 5.75 Å². The minimum absolute atomic E-state index is 0.107. The number of nitrogens with zero attached hydrogens (tertiary/aromatic N) is 1. The number of alkyl halides is 3. The lowest BCUT2D eigenvalue weighted by Gasteiger charge is -2.18. The fourth-order valence-electron chi connectivity index (χ4n) is 2.11. The summed E-state index contributed by atoms with van der Waals surface area (Å²) in [6.45, 7) is 2.30. The quantitative estimate of drug-likeness (QED) is 0.878. The van der Waals surface area contributed by atoms with E-state index < -0.39 is 18.8 Å². The fourth-order valence-corrected chi connectivity index (χ4v) is 2.11. The molecule has 0 fully saturated rings. The van der Waals surface area contributed by atoms with Gasteiger partial charge in [0.15, 0.2) is 6.61 Å². The van der Waals surface area contributed by atoms with Gasteiger partial charge >= 0.3 is 12.1 Å². The highest BCUT2D eigenvalue weighted by molar-refractivity contribution is 5.69. The van der Waals surface area contributed by atoms with Gasteiger partial charge in [-0.05, 0) is 37.6 Å². The first-order valence-electron chi connectivity index (χ1n) is 6.28. The lowest BCUT2D eigenvalue weighted by Crippen LogP contribution is -2.25. The van der Waals surface area contributed by atoms with Gasteiger partial charge in [-0.15, -0.1) is 0 Å². The summed E-state index contributed by atoms with van der Waals surface area (Å²) in [6, 6.07) is 3.41. The number of benzene rings is 1. The summed E-state index contributed by atoms with van der Waals surface area (Å²) in [5.41, 5.74) is 2.02. The van der Waals surface area contributed by atoms with Crippen LogP contribution in [0.2, 0.25) is 0 Å². The lowest BCUT2D eigenvalue weighted by molar-refractivity contribution is -0.153. The molecule has 0 aromatic heterocycles. The zero-order valence-corrected chi connectivity index (χ0v) is 12.1. The molecular weight excluding hydrogens is 287 g/mol. The molecule has 1 N–H and O–H groups in total. The molecule has 1 aromatic carbocycles. The Labute approximate surface area is 121 Å². The molecule has 7 heteroatoms. The smallest absolute Gasteiger partial charge is 0.422 e. The Morgan fingerprint density at radius 3 is 2.24 bits per heavy atom. The summed E-state index contributed by atoms with van der Waals surface area (Å²) in [5, 5.41) is 8.69. The summed E-state index contributed by atoms with van der Waals surface area (Å²) < 4.78 is 41.4. The van der Waals surface area contributed by atoms with Crippen molar-refractivity contribution in [2.24, 2.45) is 0 Å². The predicted octanol–water partition coefficient (Wildman–Crippen LogP) is 2.76. The van der Waals surface area contributed by atoms with E-state index in [1.165, 1.54) is 0 Å². The Morgan fingerprint density at radius 2 is 1.81 bits per heavy atom. The number of likely N-dealkylation sites (N-methyl/N-ethyl adjacent to an activating group) is 1. The average Bonchev–Trinajstić information content (AvgIpc) is 2.24. The van der Waals surface area contributed by atoms with Crippen LogP contribution >= 0.6 is 0 Å². The Balaban J connectivity index is 2.82. The van der Waals surface area contributed by atoms with E-state index in [1.54, 1.807) is 37.9 Å². The van der Waals surface area contributed by atoms with Crippen LogP contribution in [0.3, 0.4) is 0 Å². The molecule has 0 radical (unpaired) electrons. The second-order valence-corrected chi connectivity index (χ2v) is 5.03. The SMILES string of the molecule is Cc1cc(CN(C)CC(=O)O)cc(C)c1OCC(F)(F)F. The van der Waals surface area contributed by atoms with Crippen LogP contribution < -0.4 is 4.74 Å². The molecule has 4 nitrogen and oxygen atoms in total. The normalized spacial score (nSPS) is 11.8. The molecule has 0 saturated carbocycles. The molecule has 0 aliphatic heterocycles. The van der Waals surface area contributed by atoms with Crippen LogP contribution in [-0.4, -0.2) is 42.4 Å². The van der Waals surface area contributed by atoms with E-state index in [4.69, 9.17) is 9.84 Å². The number of hydrogen-bond donors (Lipinski definition) is 1. The number of carboxylic acid groups (broad SMARTS) is 1. The third-order valence-electron chi connectivity index (χ3n) is 2.76. The summed E-state index contributed by atoms with van der Waals surface area (Å²) in [4.78, 5) is 12.2. The van der Waals surface area contributed by atoms with Crippen molar-refractivity contribution >= 4 is 5.97 Å². The van der Waals surface area contributed by atoms with E-state index in [9.17, 15) is 18.0 Å². The number of carboxylic acids is 1. The third-order valence-corrected chi connectivity index (χ3v) is 2.76. The number of rotatable bonds is 6. The maximum atomic E-state index is 12.2. The van der Waals surface area contributed by atoms with Gasteiger partial charge in [0, 0.05) is 6.54 Å². The molecule has 0 saturated heterocycles. The molecule has 0 unspecified atom stereocenters. The zero-order valence-electron chi connectivity index (χ0n) is 12.1. The summed E-state index contributed by atoms with van der Waals surface area (Å²) in [7, 11) is 1.66. The summed E-state index contributed by atoms with van der Waals surface area (Å²) >= 11 is 0. The average molecular weight is 305 g/mol. The Bertz CT molecular complexity index is 492. The topological polar surface area (TPSA) is 49.8 Å². The van der Waals surface area contributed by atoms with Gasteiger partial charge in [-0.1, -0.05) is 12.1 Å². The number of carbonyl (C=O) groups is 1. The second-order valence-electron chi connectivity index (χ2n) is 5.03. The first kappa shape index (κ1) is 17.3. The second kappa shape index (κ2) is 6.80. The highest BCUT2D eigenvalue weighted by Gasteiger charge is 2.29. The van der Waals surface area contributed by atoms with Gasteiger partial charge in [0.25, 0.3) is 0 Å². The van der Waals surface area contributed by atoms with Crippen LogP contribution in [0.1, 0.15) is 16.7 Å². The Hall–Kier alpha value is -1.76. The molecule has 0 heterocycles. The monoisotopic (exact) mass is 305 g/mol. The van der Waals surface area contributed by atoms with Gasteiger partial charge in [0.2, 0.25) is 0 Å². The molecule has 0 aliphatic carbocycles. The van der Waals surface area contributed by atoms with Crippen molar-refractivity contribution in [3.8, 4) is 5.75 Å². The maximum Gasteiger partial charge on any atom is 0.422 e. The van der Waals surface area contributed by atoms with Crippen molar-refractivity contribution in [1.82, 2.24) is 4.90 Å². The van der Waals surface area contributed by atoms with Crippen LogP contribution in [0.25, 0.3) is 0 Å². The van der Waals surface area contributed by atoms with Gasteiger partial charge in [-0.2, -0.15) is 13.2 Å². The van der Waals surface area contributed by atoms with E-state index in [2.05, 4.69) is 0 Å². The standard InChI is InChI=1S/C14H18F3NO3/c1-9-4-11(6-18(3)7-12(19)20)5-10(2)13(9)21-8-14(15,16)17/h4-5H,6-8H2,1-3H3,(H,19,20). The number of aliphatic carboxylic acids is 1. The van der Waals surface area contributed by atoms with Crippen molar-refractivity contribution in [3.05, 3.63) is 28.8 Å². The number of halogens is 3. The van der Waals surface area contributed by atoms with Crippen LogP contribution in [0.5, 0.6) is 5.75 Å². The van der Waals surface area contributed by atoms with Gasteiger partial charge in [-0.3, -0.25) is 9.69 Å². The molecule has 0 atom stereocenters. The van der Waals surface area contributed by atoms with Crippen molar-refractivity contribution in [2.75, 3.05) is 20.2 Å². The van der Waals surface area contributed by atoms with E-state index in [0.29, 0.717) is 17.7 Å². The molecule has 118 valence electrons. The highest BCUT2D eigenvalue weighted by Crippen LogP contribution is 2.27. The first-order valence-corrected chi connectivity index (χ1v) is 6.28.